The highest BCUT2D eigenvalue weighted by atomic mass is 15.3. The van der Waals surface area contributed by atoms with E-state index in [1.54, 1.807) is 0 Å². The van der Waals surface area contributed by atoms with Crippen LogP contribution in [-0.2, 0) is 0 Å². The van der Waals surface area contributed by atoms with Gasteiger partial charge in [0.1, 0.15) is 0 Å². The predicted molar refractivity (Wildman–Crippen MR) is 54.7 cm³/mol. The van der Waals surface area contributed by atoms with E-state index in [1.165, 1.54) is 38.9 Å². The van der Waals surface area contributed by atoms with Crippen molar-refractivity contribution in [2.45, 2.75) is 19.3 Å². The van der Waals surface area contributed by atoms with Crippen molar-refractivity contribution in [3.8, 4) is 0 Å². The zero-order valence-electron chi connectivity index (χ0n) is 8.39. The summed E-state index contributed by atoms with van der Waals surface area (Å²) in [5, 5.41) is 6.92. The number of hydrogen-bond donors (Lipinski definition) is 2. The molecule has 0 unspecified atom stereocenters. The van der Waals surface area contributed by atoms with Crippen molar-refractivity contribution in [1.82, 2.24) is 15.5 Å². The van der Waals surface area contributed by atoms with E-state index >= 15 is 0 Å². The summed E-state index contributed by atoms with van der Waals surface area (Å²) >= 11 is 0. The van der Waals surface area contributed by atoms with E-state index in [2.05, 4.69) is 15.5 Å². The fraction of sp³-hybridized carbons (Fsp3) is 1.00. The molecular weight excluding hydrogens is 162 g/mol. The van der Waals surface area contributed by atoms with Crippen molar-refractivity contribution >= 4 is 0 Å². The van der Waals surface area contributed by atoms with Crippen LogP contribution in [0.15, 0.2) is 0 Å². The SMILES string of the molecule is C1CC(CNCN2CCNCC2)C1. The van der Waals surface area contributed by atoms with Gasteiger partial charge in [-0.1, -0.05) is 6.42 Å². The third kappa shape index (κ3) is 2.93. The van der Waals surface area contributed by atoms with Crippen LogP contribution in [0, 0.1) is 5.92 Å². The molecule has 13 heavy (non-hydrogen) atoms. The monoisotopic (exact) mass is 183 g/mol. The van der Waals surface area contributed by atoms with Gasteiger partial charge in [0.25, 0.3) is 0 Å². The van der Waals surface area contributed by atoms with Crippen LogP contribution >= 0.6 is 0 Å². The molecular formula is C10H21N3. The van der Waals surface area contributed by atoms with Gasteiger partial charge in [-0.05, 0) is 25.3 Å². The number of nitrogens with one attached hydrogen (secondary N) is 2. The molecule has 0 aromatic rings. The summed E-state index contributed by atoms with van der Waals surface area (Å²) < 4.78 is 0. The van der Waals surface area contributed by atoms with Gasteiger partial charge >= 0.3 is 0 Å². The Morgan fingerprint density at radius 3 is 2.62 bits per heavy atom. The zero-order chi connectivity index (χ0) is 8.93. The van der Waals surface area contributed by atoms with E-state index in [-0.39, 0.29) is 0 Å². The number of piperazine rings is 1. The summed E-state index contributed by atoms with van der Waals surface area (Å²) in [7, 11) is 0. The Balaban J connectivity index is 1.50. The van der Waals surface area contributed by atoms with Gasteiger partial charge in [0, 0.05) is 32.8 Å². The third-order valence-corrected chi connectivity index (χ3v) is 3.20. The van der Waals surface area contributed by atoms with E-state index < -0.39 is 0 Å². The Kier molecular flexibility index (Phi) is 3.58. The second-order valence-corrected chi connectivity index (χ2v) is 4.28. The zero-order valence-corrected chi connectivity index (χ0v) is 8.39. The molecule has 3 heteroatoms. The largest absolute Gasteiger partial charge is 0.314 e. The van der Waals surface area contributed by atoms with Gasteiger partial charge in [-0.25, -0.2) is 0 Å². The van der Waals surface area contributed by atoms with E-state index in [0.29, 0.717) is 0 Å². The Morgan fingerprint density at radius 1 is 1.23 bits per heavy atom. The Bertz CT molecular complexity index is 139. The molecule has 1 heterocycles. The second-order valence-electron chi connectivity index (χ2n) is 4.28. The number of rotatable bonds is 4. The number of nitrogens with zero attached hydrogens (tertiary/aromatic N) is 1. The molecule has 3 nitrogen and oxygen atoms in total. The summed E-state index contributed by atoms with van der Waals surface area (Å²) in [5.41, 5.74) is 0. The van der Waals surface area contributed by atoms with E-state index in [0.717, 1.165) is 25.7 Å². The Hall–Kier alpha value is -0.120. The standard InChI is InChI=1S/C10H21N3/c1-2-10(3-1)8-12-9-13-6-4-11-5-7-13/h10-12H,1-9H2. The molecule has 1 saturated heterocycles. The molecule has 0 aromatic carbocycles. The molecule has 0 atom stereocenters. The number of hydrogen-bond acceptors (Lipinski definition) is 3. The van der Waals surface area contributed by atoms with Crippen LogP contribution in [-0.4, -0.2) is 44.3 Å². The molecule has 1 saturated carbocycles. The lowest BCUT2D eigenvalue weighted by atomic mass is 9.85. The lowest BCUT2D eigenvalue weighted by molar-refractivity contribution is 0.206. The molecule has 1 aliphatic heterocycles. The molecule has 0 amide bonds. The molecule has 76 valence electrons. The normalized spacial score (nSPS) is 25.8. The van der Waals surface area contributed by atoms with Gasteiger partial charge < -0.3 is 10.6 Å². The Morgan fingerprint density at radius 2 is 2.00 bits per heavy atom. The lowest BCUT2D eigenvalue weighted by Crippen LogP contribution is -2.47. The second kappa shape index (κ2) is 4.94. The van der Waals surface area contributed by atoms with Crippen LogP contribution in [0.4, 0.5) is 0 Å². The minimum atomic E-state index is 0.989. The van der Waals surface area contributed by atoms with Gasteiger partial charge in [-0.2, -0.15) is 0 Å². The van der Waals surface area contributed by atoms with Crippen molar-refractivity contribution in [1.29, 1.82) is 0 Å². The molecule has 0 spiro atoms. The summed E-state index contributed by atoms with van der Waals surface area (Å²) in [6.45, 7) is 7.06. The predicted octanol–water partition coefficient (Wildman–Crippen LogP) is 0.239. The highest BCUT2D eigenvalue weighted by Gasteiger charge is 2.17. The third-order valence-electron chi connectivity index (χ3n) is 3.20. The molecule has 2 N–H and O–H groups in total. The molecule has 2 aliphatic rings. The van der Waals surface area contributed by atoms with Crippen LogP contribution in [0.25, 0.3) is 0 Å². The van der Waals surface area contributed by atoms with Crippen LogP contribution in [0.2, 0.25) is 0 Å². The summed E-state index contributed by atoms with van der Waals surface area (Å²) in [6.07, 6.45) is 4.36. The minimum Gasteiger partial charge on any atom is -0.314 e. The first kappa shape index (κ1) is 9.44. The highest BCUT2D eigenvalue weighted by Crippen LogP contribution is 2.24. The van der Waals surface area contributed by atoms with Crippen LogP contribution in [0.1, 0.15) is 19.3 Å². The van der Waals surface area contributed by atoms with Gasteiger partial charge in [0.2, 0.25) is 0 Å². The lowest BCUT2D eigenvalue weighted by Gasteiger charge is -2.30. The van der Waals surface area contributed by atoms with Crippen LogP contribution < -0.4 is 10.6 Å². The first-order chi connectivity index (χ1) is 6.45. The molecule has 2 rings (SSSR count). The molecule has 0 radical (unpaired) electrons. The summed E-state index contributed by atoms with van der Waals surface area (Å²) in [6, 6.07) is 0. The maximum absolute atomic E-state index is 3.56. The van der Waals surface area contributed by atoms with Crippen molar-refractivity contribution in [2.24, 2.45) is 5.92 Å². The molecule has 2 fully saturated rings. The molecule has 0 bridgehead atoms. The molecule has 0 aromatic heterocycles. The quantitative estimate of drug-likeness (QED) is 0.654. The first-order valence-electron chi connectivity index (χ1n) is 5.59. The van der Waals surface area contributed by atoms with E-state index in [4.69, 9.17) is 0 Å². The van der Waals surface area contributed by atoms with Crippen molar-refractivity contribution in [2.75, 3.05) is 39.4 Å². The van der Waals surface area contributed by atoms with Gasteiger partial charge in [0.05, 0.1) is 0 Å². The smallest absolute Gasteiger partial charge is 0.0481 e. The average Bonchev–Trinajstić information content (AvgIpc) is 2.11. The fourth-order valence-corrected chi connectivity index (χ4v) is 1.99. The van der Waals surface area contributed by atoms with Crippen LogP contribution in [0.3, 0.4) is 0 Å². The van der Waals surface area contributed by atoms with Crippen LogP contribution in [0.5, 0.6) is 0 Å². The molecule has 1 aliphatic carbocycles. The average molecular weight is 183 g/mol. The van der Waals surface area contributed by atoms with Gasteiger partial charge in [0.15, 0.2) is 0 Å². The first-order valence-corrected chi connectivity index (χ1v) is 5.59. The van der Waals surface area contributed by atoms with Gasteiger partial charge in [-0.3, -0.25) is 4.90 Å². The van der Waals surface area contributed by atoms with Gasteiger partial charge in [-0.15, -0.1) is 0 Å². The summed E-state index contributed by atoms with van der Waals surface area (Å²) in [5.74, 6) is 0.989. The van der Waals surface area contributed by atoms with Crippen molar-refractivity contribution in [3.63, 3.8) is 0 Å². The maximum Gasteiger partial charge on any atom is 0.0481 e. The van der Waals surface area contributed by atoms with E-state index in [9.17, 15) is 0 Å². The topological polar surface area (TPSA) is 27.3 Å². The fourth-order valence-electron chi connectivity index (χ4n) is 1.99. The van der Waals surface area contributed by atoms with Crippen molar-refractivity contribution in [3.05, 3.63) is 0 Å². The maximum atomic E-state index is 3.56. The van der Waals surface area contributed by atoms with E-state index in [1.807, 2.05) is 0 Å². The minimum absolute atomic E-state index is 0.989. The highest BCUT2D eigenvalue weighted by molar-refractivity contribution is 4.72. The summed E-state index contributed by atoms with van der Waals surface area (Å²) in [4.78, 5) is 2.50. The Labute approximate surface area is 80.9 Å². The van der Waals surface area contributed by atoms with Crippen molar-refractivity contribution < 1.29 is 0 Å².